The first kappa shape index (κ1) is 32.5. The van der Waals surface area contributed by atoms with Crippen LogP contribution in [-0.2, 0) is 21.5 Å². The molecule has 1 unspecified atom stereocenters. The topological polar surface area (TPSA) is 114 Å². The van der Waals surface area contributed by atoms with E-state index in [4.69, 9.17) is 25.6 Å². The number of nitrogens with one attached hydrogen (secondary N) is 2. The van der Waals surface area contributed by atoms with Crippen molar-refractivity contribution < 1.29 is 27.2 Å². The van der Waals surface area contributed by atoms with Crippen molar-refractivity contribution in [2.45, 2.75) is 56.2 Å². The minimum absolute atomic E-state index is 0.0666. The largest absolute Gasteiger partial charge is 0.489 e. The number of carbonyl (C=O) groups is 1. The molecule has 0 saturated carbocycles. The Balaban J connectivity index is 0.000000309. The highest BCUT2D eigenvalue weighted by Gasteiger charge is 2.33. The summed E-state index contributed by atoms with van der Waals surface area (Å²) in [5.74, 6) is 1.13. The van der Waals surface area contributed by atoms with Crippen LogP contribution in [0.1, 0.15) is 36.8 Å². The Morgan fingerprint density at radius 3 is 2.31 bits per heavy atom. The van der Waals surface area contributed by atoms with Gasteiger partial charge in [0, 0.05) is 22.7 Å². The second-order valence-electron chi connectivity index (χ2n) is 11.5. The van der Waals surface area contributed by atoms with Crippen LogP contribution in [0.4, 0.5) is 10.5 Å². The van der Waals surface area contributed by atoms with E-state index in [2.05, 4.69) is 10.6 Å². The number of aryl methyl sites for hydroxylation is 1. The number of rotatable bonds is 8. The maximum absolute atomic E-state index is 12.7. The number of fused-ring (bicyclic) bond motifs is 2. The SMILES string of the molecule is Cc1ccc(S(=O)(=O)O)cc1.O=C(Nc1ccc(OCc2ccccc2)cc1-c1cccc(Cl)c1)OCC1C[C@H]2CC[C@@H](C1)N2. The number of hydrogen-bond donors (Lipinski definition) is 3. The van der Waals surface area contributed by atoms with Gasteiger partial charge in [0.1, 0.15) is 12.4 Å². The zero-order valence-electron chi connectivity index (χ0n) is 25.0. The molecule has 236 valence electrons. The molecule has 2 fully saturated rings. The Labute approximate surface area is 269 Å². The molecular weight excluding hydrogens is 612 g/mol. The van der Waals surface area contributed by atoms with E-state index in [1.54, 1.807) is 12.1 Å². The molecular formula is C35H37ClN2O6S. The quantitative estimate of drug-likeness (QED) is 0.166. The third kappa shape index (κ3) is 9.55. The van der Waals surface area contributed by atoms with Crippen molar-refractivity contribution in [3.8, 4) is 16.9 Å². The van der Waals surface area contributed by atoms with Crippen molar-refractivity contribution in [3.05, 3.63) is 113 Å². The summed E-state index contributed by atoms with van der Waals surface area (Å²) < 4.78 is 41.2. The molecule has 3 atom stereocenters. The highest BCUT2D eigenvalue weighted by atomic mass is 35.5. The van der Waals surface area contributed by atoms with Crippen LogP contribution >= 0.6 is 11.6 Å². The molecule has 0 aliphatic carbocycles. The van der Waals surface area contributed by atoms with Gasteiger partial charge in [-0.2, -0.15) is 8.42 Å². The molecule has 3 N–H and O–H groups in total. The van der Waals surface area contributed by atoms with Crippen molar-refractivity contribution in [3.63, 3.8) is 0 Å². The van der Waals surface area contributed by atoms with Crippen LogP contribution in [0.5, 0.6) is 5.75 Å². The number of ether oxygens (including phenoxy) is 2. The van der Waals surface area contributed by atoms with E-state index in [0.717, 1.165) is 35.1 Å². The summed E-state index contributed by atoms with van der Waals surface area (Å²) in [5.41, 5.74) is 4.42. The molecule has 0 radical (unpaired) electrons. The van der Waals surface area contributed by atoms with Crippen LogP contribution < -0.4 is 15.4 Å². The summed E-state index contributed by atoms with van der Waals surface area (Å²) in [4.78, 5) is 12.6. The van der Waals surface area contributed by atoms with Crippen LogP contribution in [0.25, 0.3) is 11.1 Å². The Bertz CT molecular complexity index is 1690. The molecule has 4 aromatic carbocycles. The first-order valence-corrected chi connectivity index (χ1v) is 16.7. The van der Waals surface area contributed by atoms with Gasteiger partial charge in [-0.1, -0.05) is 71.8 Å². The molecule has 2 aliphatic rings. The van der Waals surface area contributed by atoms with Gasteiger partial charge in [-0.05, 0) is 92.1 Å². The van der Waals surface area contributed by atoms with Gasteiger partial charge >= 0.3 is 6.09 Å². The predicted molar refractivity (Wildman–Crippen MR) is 176 cm³/mol. The van der Waals surface area contributed by atoms with Crippen LogP contribution in [0.15, 0.2) is 102 Å². The fourth-order valence-corrected chi connectivity index (χ4v) is 6.39. The van der Waals surface area contributed by atoms with Gasteiger partial charge in [-0.15, -0.1) is 0 Å². The Morgan fingerprint density at radius 2 is 1.64 bits per heavy atom. The standard InChI is InChI=1S/C28H29ClN2O3.C7H8O3S/c29-22-8-4-7-21(15-22)26-16-25(33-17-19-5-2-1-3-6-19)11-12-27(26)31-28(32)34-18-20-13-23-9-10-24(14-20)30-23;1-6-2-4-7(5-3-6)11(8,9)10/h1-8,11-12,15-16,20,23-24,30H,9-10,13-14,17-18H2,(H,31,32);2-5H,1H3,(H,8,9,10)/t20?,23-,24+;. The zero-order valence-corrected chi connectivity index (χ0v) is 26.6. The molecule has 4 aromatic rings. The number of halogens is 1. The smallest absolute Gasteiger partial charge is 0.411 e. The number of piperidine rings is 1. The van der Waals surface area contributed by atoms with E-state index in [1.165, 1.54) is 25.0 Å². The van der Waals surface area contributed by atoms with E-state index in [9.17, 15) is 13.2 Å². The van der Waals surface area contributed by atoms with Gasteiger partial charge < -0.3 is 14.8 Å². The summed E-state index contributed by atoms with van der Waals surface area (Å²) in [6.45, 7) is 2.75. The highest BCUT2D eigenvalue weighted by Crippen LogP contribution is 2.34. The lowest BCUT2D eigenvalue weighted by Crippen LogP contribution is -2.39. The number of anilines is 1. The molecule has 2 bridgehead atoms. The minimum Gasteiger partial charge on any atom is -0.489 e. The van der Waals surface area contributed by atoms with Crippen molar-refractivity contribution >= 4 is 33.5 Å². The van der Waals surface area contributed by atoms with E-state index in [0.29, 0.717) is 47.7 Å². The third-order valence-corrected chi connectivity index (χ3v) is 9.05. The van der Waals surface area contributed by atoms with E-state index in [1.807, 2.05) is 79.7 Å². The molecule has 8 nitrogen and oxygen atoms in total. The number of benzene rings is 4. The molecule has 6 rings (SSSR count). The van der Waals surface area contributed by atoms with Gasteiger partial charge in [0.15, 0.2) is 0 Å². The number of amides is 1. The summed E-state index contributed by atoms with van der Waals surface area (Å²) in [6.07, 6.45) is 4.17. The second-order valence-corrected chi connectivity index (χ2v) is 13.3. The molecule has 10 heteroatoms. The lowest BCUT2D eigenvalue weighted by Gasteiger charge is -2.28. The van der Waals surface area contributed by atoms with Gasteiger partial charge in [0.05, 0.1) is 17.2 Å². The summed E-state index contributed by atoms with van der Waals surface area (Å²) >= 11 is 6.25. The predicted octanol–water partition coefficient (Wildman–Crippen LogP) is 7.91. The van der Waals surface area contributed by atoms with Crippen LogP contribution in [0, 0.1) is 12.8 Å². The van der Waals surface area contributed by atoms with Gasteiger partial charge in [-0.25, -0.2) is 4.79 Å². The van der Waals surface area contributed by atoms with Crippen molar-refractivity contribution in [1.82, 2.24) is 5.32 Å². The zero-order chi connectivity index (χ0) is 31.8. The summed E-state index contributed by atoms with van der Waals surface area (Å²) in [7, 11) is -4.02. The fraction of sp³-hybridized carbons (Fsp3) is 0.286. The summed E-state index contributed by atoms with van der Waals surface area (Å²) in [6, 6.07) is 30.3. The molecule has 0 spiro atoms. The van der Waals surface area contributed by atoms with Gasteiger partial charge in [0.25, 0.3) is 10.1 Å². The molecule has 2 heterocycles. The lowest BCUT2D eigenvalue weighted by molar-refractivity contribution is 0.122. The first-order chi connectivity index (χ1) is 21.6. The second kappa shape index (κ2) is 14.9. The highest BCUT2D eigenvalue weighted by molar-refractivity contribution is 7.85. The van der Waals surface area contributed by atoms with E-state index in [-0.39, 0.29) is 4.90 Å². The van der Waals surface area contributed by atoms with Crippen molar-refractivity contribution in [1.29, 1.82) is 0 Å². The fourth-order valence-electron chi connectivity index (χ4n) is 5.72. The normalized spacial score (nSPS) is 18.8. The number of hydrogen-bond acceptors (Lipinski definition) is 6. The van der Waals surface area contributed by atoms with Crippen LogP contribution in [-0.4, -0.2) is 37.8 Å². The average molecular weight is 649 g/mol. The molecule has 1 amide bonds. The van der Waals surface area contributed by atoms with Gasteiger partial charge in [-0.3, -0.25) is 9.87 Å². The molecule has 2 saturated heterocycles. The van der Waals surface area contributed by atoms with Crippen molar-refractivity contribution in [2.24, 2.45) is 5.92 Å². The molecule has 0 aromatic heterocycles. The monoisotopic (exact) mass is 648 g/mol. The Hall–Kier alpha value is -3.89. The average Bonchev–Trinajstić information content (AvgIpc) is 3.37. The van der Waals surface area contributed by atoms with Crippen LogP contribution in [0.3, 0.4) is 0 Å². The number of carbonyl (C=O) groups excluding carboxylic acids is 1. The third-order valence-electron chi connectivity index (χ3n) is 7.95. The minimum atomic E-state index is -4.02. The van der Waals surface area contributed by atoms with E-state index < -0.39 is 16.2 Å². The van der Waals surface area contributed by atoms with E-state index >= 15 is 0 Å². The first-order valence-electron chi connectivity index (χ1n) is 14.9. The van der Waals surface area contributed by atoms with Crippen LogP contribution in [0.2, 0.25) is 5.02 Å². The maximum Gasteiger partial charge on any atom is 0.411 e. The summed E-state index contributed by atoms with van der Waals surface area (Å²) in [5, 5.41) is 7.18. The lowest BCUT2D eigenvalue weighted by atomic mass is 9.93. The molecule has 45 heavy (non-hydrogen) atoms. The van der Waals surface area contributed by atoms with Gasteiger partial charge in [0.2, 0.25) is 0 Å². The Morgan fingerprint density at radius 1 is 0.933 bits per heavy atom. The van der Waals surface area contributed by atoms with Crippen molar-refractivity contribution in [2.75, 3.05) is 11.9 Å². The molecule has 2 aliphatic heterocycles. The maximum atomic E-state index is 12.7. The Kier molecular flexibility index (Phi) is 10.8.